The molecule has 7 aromatic heterocycles. The van der Waals surface area contributed by atoms with Crippen molar-refractivity contribution in [3.05, 3.63) is 52.8 Å². The molecule has 22 heteroatoms. The SMILES string of the molecule is CNN.CNNC(=O)c1nc(C)c2cc(P)sc2n1.Cc1nc(C(=O)O)nc2sc(P)cc12.Cc1nnc(-c2nc(C)c3cc(P)sc3n2)o1. The molecule has 3 unspecified atom stereocenters. The van der Waals surface area contributed by atoms with Crippen LogP contribution in [0.5, 0.6) is 0 Å². The van der Waals surface area contributed by atoms with Gasteiger partial charge in [-0.05, 0) is 46.0 Å². The van der Waals surface area contributed by atoms with Crippen LogP contribution in [0.4, 0.5) is 0 Å². The number of nitrogens with two attached hydrogens (primary N) is 1. The van der Waals surface area contributed by atoms with Gasteiger partial charge in [0.25, 0.3) is 5.89 Å². The van der Waals surface area contributed by atoms with Crippen molar-refractivity contribution >= 4 is 118 Å². The Morgan fingerprint density at radius 1 is 0.720 bits per heavy atom. The number of hydrogen-bond acceptors (Lipinski definition) is 17. The molecule has 16 nitrogen and oxygen atoms in total. The molecule has 0 radical (unpaired) electrons. The maximum absolute atomic E-state index is 11.5. The molecule has 7 rings (SSSR count). The maximum Gasteiger partial charge on any atom is 0.373 e. The van der Waals surface area contributed by atoms with Gasteiger partial charge in [-0.3, -0.25) is 21.5 Å². The first-order chi connectivity index (χ1) is 23.7. The zero-order valence-electron chi connectivity index (χ0n) is 27.5. The molecule has 0 spiro atoms. The highest BCUT2D eigenvalue weighted by Crippen LogP contribution is 2.25. The van der Waals surface area contributed by atoms with Crippen LogP contribution in [0.2, 0.25) is 0 Å². The zero-order valence-corrected chi connectivity index (χ0v) is 33.4. The first-order valence-corrected chi connectivity index (χ1v) is 18.4. The van der Waals surface area contributed by atoms with Crippen LogP contribution in [0.15, 0.2) is 22.6 Å². The molecule has 7 heterocycles. The zero-order chi connectivity index (χ0) is 36.7. The molecule has 0 aliphatic carbocycles. The summed E-state index contributed by atoms with van der Waals surface area (Å²) in [6, 6.07) is 5.99. The number of rotatable bonds is 4. The lowest BCUT2D eigenvalue weighted by Gasteiger charge is -2.02. The fraction of sp³-hybridized carbons (Fsp3) is 0.214. The van der Waals surface area contributed by atoms with Crippen LogP contribution in [0.1, 0.15) is 44.2 Å². The predicted octanol–water partition coefficient (Wildman–Crippen LogP) is 2.50. The van der Waals surface area contributed by atoms with Gasteiger partial charge in [-0.25, -0.2) is 40.1 Å². The Labute approximate surface area is 304 Å². The van der Waals surface area contributed by atoms with Crippen LogP contribution in [-0.4, -0.2) is 71.2 Å². The number of nitrogens with zero attached hydrogens (tertiary/aromatic N) is 8. The first-order valence-electron chi connectivity index (χ1n) is 14.2. The van der Waals surface area contributed by atoms with E-state index in [9.17, 15) is 9.59 Å². The molecule has 0 aliphatic heterocycles. The standard InChI is InChI=1S/C10H9N4OPS.C9H11N4OPS.C8H7N2O2PS.CH6N2/c1-4-6-3-7(16)17-10(6)12-8(11-4)9-14-13-5(2)15-9;1-4-5-3-6(15)16-9(5)12-7(11-4)8(14)13-10-2;1-3-4-2-5(13)14-7(4)10-6(9-3)8(11)12;1-3-2/h3H,16H2,1-2H3;3,10H,15H2,1-2H3,(H,13,14);2H,13H2,1H3,(H,11,12);3H,2H2,1H3. The van der Waals surface area contributed by atoms with Gasteiger partial charge in [-0.2, -0.15) is 0 Å². The summed E-state index contributed by atoms with van der Waals surface area (Å²) < 4.78 is 8.58. The number of carbonyl (C=O) groups is 2. The molecule has 50 heavy (non-hydrogen) atoms. The van der Waals surface area contributed by atoms with Crippen LogP contribution in [0.25, 0.3) is 42.4 Å². The summed E-state index contributed by atoms with van der Waals surface area (Å²) in [4.78, 5) is 49.8. The van der Waals surface area contributed by atoms with Crippen molar-refractivity contribution in [1.82, 2.24) is 56.4 Å². The van der Waals surface area contributed by atoms with Gasteiger partial charge in [0, 0.05) is 44.0 Å². The van der Waals surface area contributed by atoms with Crippen LogP contribution in [0.3, 0.4) is 0 Å². The van der Waals surface area contributed by atoms with E-state index in [1.54, 1.807) is 39.3 Å². The highest BCUT2D eigenvalue weighted by atomic mass is 32.1. The smallest absolute Gasteiger partial charge is 0.373 e. The number of fused-ring (bicyclic) bond motifs is 3. The Morgan fingerprint density at radius 3 is 1.60 bits per heavy atom. The van der Waals surface area contributed by atoms with Gasteiger partial charge in [0.1, 0.15) is 14.5 Å². The molecule has 0 aromatic carbocycles. The summed E-state index contributed by atoms with van der Waals surface area (Å²) in [7, 11) is 11.1. The second-order valence-electron chi connectivity index (χ2n) is 9.92. The Kier molecular flexibility index (Phi) is 13.7. The third-order valence-corrected chi connectivity index (χ3v) is 10.3. The highest BCUT2D eigenvalue weighted by molar-refractivity contribution is 7.46. The topological polar surface area (TPSA) is 233 Å². The largest absolute Gasteiger partial charge is 0.475 e. The number of thiophene rings is 3. The fourth-order valence-electron chi connectivity index (χ4n) is 4.10. The molecule has 0 saturated heterocycles. The average Bonchev–Trinajstić information content (AvgIpc) is 3.83. The number of carbonyl (C=O) groups excluding carboxylic acids is 1. The molecule has 0 aliphatic rings. The predicted molar refractivity (Wildman–Crippen MR) is 209 cm³/mol. The summed E-state index contributed by atoms with van der Waals surface area (Å²) >= 11 is 4.58. The fourth-order valence-corrected chi connectivity index (χ4v) is 8.15. The summed E-state index contributed by atoms with van der Waals surface area (Å²) in [6.07, 6.45) is 0. The van der Waals surface area contributed by atoms with Crippen molar-refractivity contribution < 1.29 is 19.1 Å². The number of nitrogens with one attached hydrogen (secondary N) is 3. The molecule has 7 aromatic rings. The molecule has 6 N–H and O–H groups in total. The van der Waals surface area contributed by atoms with E-state index in [4.69, 9.17) is 9.52 Å². The number of carboxylic acids is 1. The molecular formula is C28H33N12O4P3S3. The minimum atomic E-state index is -1.09. The van der Waals surface area contributed by atoms with Crippen molar-refractivity contribution in [2.24, 2.45) is 5.84 Å². The number of amides is 1. The van der Waals surface area contributed by atoms with E-state index < -0.39 is 5.97 Å². The number of aryl methyl sites for hydroxylation is 4. The second kappa shape index (κ2) is 17.5. The van der Waals surface area contributed by atoms with E-state index in [0.717, 1.165) is 55.9 Å². The summed E-state index contributed by atoms with van der Waals surface area (Å²) in [5.41, 5.74) is 9.70. The van der Waals surface area contributed by atoms with E-state index in [1.807, 2.05) is 26.0 Å². The molecule has 0 fully saturated rings. The van der Waals surface area contributed by atoms with Gasteiger partial charge in [0.2, 0.25) is 23.4 Å². The van der Waals surface area contributed by atoms with Crippen molar-refractivity contribution in [2.45, 2.75) is 27.7 Å². The van der Waals surface area contributed by atoms with E-state index in [1.165, 1.54) is 22.7 Å². The highest BCUT2D eigenvalue weighted by Gasteiger charge is 2.15. The Balaban J connectivity index is 0.000000163. The Bertz CT molecular complexity index is 2310. The van der Waals surface area contributed by atoms with Crippen LogP contribution in [-0.2, 0) is 0 Å². The molecule has 1 amide bonds. The van der Waals surface area contributed by atoms with E-state index >= 15 is 0 Å². The summed E-state index contributed by atoms with van der Waals surface area (Å²) in [5, 5.41) is 19.4. The quantitative estimate of drug-likeness (QED) is 0.0980. The Morgan fingerprint density at radius 2 is 1.16 bits per heavy atom. The summed E-state index contributed by atoms with van der Waals surface area (Å²) in [5.74, 6) is 4.60. The van der Waals surface area contributed by atoms with Gasteiger partial charge in [-0.1, -0.05) is 27.7 Å². The van der Waals surface area contributed by atoms with E-state index in [-0.39, 0.29) is 17.6 Å². The van der Waals surface area contributed by atoms with E-state index in [0.29, 0.717) is 23.3 Å². The molecular weight excluding hydrogens is 758 g/mol. The van der Waals surface area contributed by atoms with E-state index in [2.05, 4.69) is 96.0 Å². The third-order valence-electron chi connectivity index (χ3n) is 6.16. The minimum absolute atomic E-state index is 0.137. The minimum Gasteiger partial charge on any atom is -0.475 e. The molecule has 3 atom stereocenters. The maximum atomic E-state index is 11.5. The van der Waals surface area contributed by atoms with Crippen LogP contribution >= 0.6 is 61.7 Å². The normalized spacial score (nSPS) is 10.6. The summed E-state index contributed by atoms with van der Waals surface area (Å²) in [6.45, 7) is 7.35. The van der Waals surface area contributed by atoms with Gasteiger partial charge in [0.15, 0.2) is 0 Å². The number of hydrazine groups is 2. The van der Waals surface area contributed by atoms with Crippen LogP contribution in [0, 0.1) is 27.7 Å². The van der Waals surface area contributed by atoms with Gasteiger partial charge in [0.05, 0.1) is 17.1 Å². The first kappa shape index (κ1) is 39.2. The lowest BCUT2D eigenvalue weighted by molar-refractivity contribution is 0.0683. The molecule has 262 valence electrons. The van der Waals surface area contributed by atoms with Crippen molar-refractivity contribution in [1.29, 1.82) is 0 Å². The lowest BCUT2D eigenvalue weighted by atomic mass is 10.3. The number of carboxylic acid groups (broad SMARTS) is 1. The number of aromatic carboxylic acids is 1. The van der Waals surface area contributed by atoms with Crippen molar-refractivity contribution in [2.75, 3.05) is 14.1 Å². The number of hydrogen-bond donors (Lipinski definition) is 5. The van der Waals surface area contributed by atoms with Crippen LogP contribution < -0.4 is 36.0 Å². The molecule has 0 bridgehead atoms. The van der Waals surface area contributed by atoms with Gasteiger partial charge in [-0.15, -0.1) is 44.2 Å². The van der Waals surface area contributed by atoms with Gasteiger partial charge < -0.3 is 9.52 Å². The molecule has 0 saturated carbocycles. The Hall–Kier alpha value is -3.63. The third kappa shape index (κ3) is 9.78. The average molecular weight is 791 g/mol. The second-order valence-corrected chi connectivity index (χ2v) is 16.2. The van der Waals surface area contributed by atoms with Gasteiger partial charge >= 0.3 is 11.9 Å². The van der Waals surface area contributed by atoms with Crippen molar-refractivity contribution in [3.8, 4) is 11.7 Å². The number of aromatic nitrogens is 8. The lowest BCUT2D eigenvalue weighted by Crippen LogP contribution is -2.35. The van der Waals surface area contributed by atoms with Crippen molar-refractivity contribution in [3.63, 3.8) is 0 Å². The monoisotopic (exact) mass is 790 g/mol.